The van der Waals surface area contributed by atoms with E-state index in [-0.39, 0.29) is 17.1 Å². The van der Waals surface area contributed by atoms with E-state index in [9.17, 15) is 5.11 Å². The van der Waals surface area contributed by atoms with Crippen molar-refractivity contribution in [3.8, 4) is 5.75 Å². The van der Waals surface area contributed by atoms with Crippen LogP contribution in [0.2, 0.25) is 0 Å². The van der Waals surface area contributed by atoms with Crippen molar-refractivity contribution in [1.29, 1.82) is 0 Å². The molecule has 1 aliphatic heterocycles. The van der Waals surface area contributed by atoms with E-state index < -0.39 is 0 Å². The van der Waals surface area contributed by atoms with Gasteiger partial charge in [0.2, 0.25) is 0 Å². The highest BCUT2D eigenvalue weighted by molar-refractivity contribution is 5.80. The van der Waals surface area contributed by atoms with Crippen LogP contribution in [0, 0.1) is 12.8 Å². The fourth-order valence-electron chi connectivity index (χ4n) is 3.06. The summed E-state index contributed by atoms with van der Waals surface area (Å²) >= 11 is 0. The van der Waals surface area contributed by atoms with Crippen LogP contribution < -0.4 is 22.1 Å². The number of rotatable bonds is 5. The zero-order valence-electron chi connectivity index (χ0n) is 17.5. The Hall–Kier alpha value is -3.40. The van der Waals surface area contributed by atoms with Crippen LogP contribution in [0.1, 0.15) is 25.2 Å². The molecule has 0 unspecified atom stereocenters. The molecule has 1 fully saturated rings. The fourth-order valence-corrected chi connectivity index (χ4v) is 3.06. The topological polar surface area (TPSA) is 151 Å². The van der Waals surface area contributed by atoms with E-state index in [1.165, 1.54) is 12.3 Å². The molecule has 3 rings (SSSR count). The van der Waals surface area contributed by atoms with E-state index in [1.807, 2.05) is 11.8 Å². The first-order valence-corrected chi connectivity index (χ1v) is 9.85. The standard InChI is InChI=1S/C20H29N9O/c1-12(2)16-11-29(5-4-23-16)20(22)27-9-15(21)19-17(30)6-14(8-26-19)28-18-10-24-13(3)7-25-18/h6-10,12,16,23,30H,4-5,11,21H2,1-3H3,(H2,22,27)(H,25,28)/b15-9-/t16-/m1/s1. The Labute approximate surface area is 176 Å². The molecule has 1 aliphatic rings. The Bertz CT molecular complexity index is 924. The molecule has 0 saturated carbocycles. The predicted molar refractivity (Wildman–Crippen MR) is 118 cm³/mol. The van der Waals surface area contributed by atoms with Crippen molar-refractivity contribution < 1.29 is 5.11 Å². The largest absolute Gasteiger partial charge is 0.506 e. The number of hydrogen-bond acceptors (Lipinski definition) is 8. The Balaban J connectivity index is 1.69. The summed E-state index contributed by atoms with van der Waals surface area (Å²) in [5.74, 6) is 1.36. The molecule has 0 radical (unpaired) electrons. The van der Waals surface area contributed by atoms with Crippen LogP contribution in [0.5, 0.6) is 5.75 Å². The summed E-state index contributed by atoms with van der Waals surface area (Å²) in [5, 5.41) is 16.8. The van der Waals surface area contributed by atoms with Crippen LogP contribution in [-0.4, -0.2) is 56.6 Å². The molecule has 3 heterocycles. The minimum Gasteiger partial charge on any atom is -0.506 e. The third kappa shape index (κ3) is 5.35. The van der Waals surface area contributed by atoms with Crippen LogP contribution in [-0.2, 0) is 0 Å². The molecule has 0 aromatic carbocycles. The number of nitrogens with zero attached hydrogens (tertiary/aromatic N) is 5. The van der Waals surface area contributed by atoms with Crippen LogP contribution >= 0.6 is 0 Å². The lowest BCUT2D eigenvalue weighted by atomic mass is 10.0. The van der Waals surface area contributed by atoms with Gasteiger partial charge in [0.25, 0.3) is 0 Å². The molecule has 10 nitrogen and oxygen atoms in total. The van der Waals surface area contributed by atoms with E-state index in [4.69, 9.17) is 11.5 Å². The van der Waals surface area contributed by atoms with Crippen LogP contribution in [0.25, 0.3) is 5.70 Å². The van der Waals surface area contributed by atoms with Gasteiger partial charge in [-0.3, -0.25) is 4.98 Å². The van der Waals surface area contributed by atoms with Crippen LogP contribution in [0.15, 0.2) is 35.8 Å². The van der Waals surface area contributed by atoms with Gasteiger partial charge in [0.1, 0.15) is 17.3 Å². The predicted octanol–water partition coefficient (Wildman–Crippen LogP) is 1.13. The lowest BCUT2D eigenvalue weighted by Gasteiger charge is -2.36. The third-order valence-electron chi connectivity index (χ3n) is 4.86. The number of aryl methyl sites for hydroxylation is 1. The molecule has 2 aromatic rings. The number of aliphatic imine (C=N–C) groups is 1. The van der Waals surface area contributed by atoms with Crippen molar-refractivity contribution in [3.05, 3.63) is 42.2 Å². The van der Waals surface area contributed by atoms with E-state index in [2.05, 4.69) is 44.4 Å². The van der Waals surface area contributed by atoms with Gasteiger partial charge in [-0.2, -0.15) is 0 Å². The second-order valence-electron chi connectivity index (χ2n) is 7.58. The maximum atomic E-state index is 10.3. The minimum atomic E-state index is -0.0790. The summed E-state index contributed by atoms with van der Waals surface area (Å²) in [6.07, 6.45) is 6.22. The van der Waals surface area contributed by atoms with Gasteiger partial charge in [-0.25, -0.2) is 15.0 Å². The number of aromatic nitrogens is 3. The molecule has 0 spiro atoms. The Morgan fingerprint density at radius 1 is 1.30 bits per heavy atom. The smallest absolute Gasteiger partial charge is 0.196 e. The van der Waals surface area contributed by atoms with Gasteiger partial charge in [0.05, 0.1) is 41.9 Å². The quantitative estimate of drug-likeness (QED) is 0.360. The highest BCUT2D eigenvalue weighted by Crippen LogP contribution is 2.24. The average Bonchev–Trinajstić information content (AvgIpc) is 2.73. The van der Waals surface area contributed by atoms with E-state index in [1.54, 1.807) is 18.6 Å². The summed E-state index contributed by atoms with van der Waals surface area (Å²) < 4.78 is 0. The molecule has 30 heavy (non-hydrogen) atoms. The third-order valence-corrected chi connectivity index (χ3v) is 4.86. The highest BCUT2D eigenvalue weighted by Gasteiger charge is 2.22. The second kappa shape index (κ2) is 9.40. The maximum absolute atomic E-state index is 10.3. The normalized spacial score (nSPS) is 18.0. The van der Waals surface area contributed by atoms with E-state index in [0.717, 1.165) is 25.3 Å². The highest BCUT2D eigenvalue weighted by atomic mass is 16.3. The average molecular weight is 412 g/mol. The van der Waals surface area contributed by atoms with Gasteiger partial charge in [0.15, 0.2) is 5.96 Å². The lowest BCUT2D eigenvalue weighted by molar-refractivity contribution is 0.247. The number of hydrogen-bond donors (Lipinski definition) is 5. The summed E-state index contributed by atoms with van der Waals surface area (Å²) in [7, 11) is 0. The summed E-state index contributed by atoms with van der Waals surface area (Å²) in [6, 6.07) is 1.87. The van der Waals surface area contributed by atoms with Crippen molar-refractivity contribution in [2.45, 2.75) is 26.8 Å². The zero-order chi connectivity index (χ0) is 21.7. The first-order valence-electron chi connectivity index (χ1n) is 9.85. The van der Waals surface area contributed by atoms with Crippen molar-refractivity contribution >= 4 is 23.2 Å². The molecule has 10 heteroatoms. The van der Waals surface area contributed by atoms with Gasteiger partial charge < -0.3 is 32.1 Å². The minimum absolute atomic E-state index is 0.0790. The number of pyridine rings is 1. The van der Waals surface area contributed by atoms with E-state index >= 15 is 0 Å². The first kappa shape index (κ1) is 21.3. The van der Waals surface area contributed by atoms with Crippen molar-refractivity contribution in [2.75, 3.05) is 25.0 Å². The van der Waals surface area contributed by atoms with Gasteiger partial charge in [-0.05, 0) is 12.8 Å². The molecule has 0 bridgehead atoms. The maximum Gasteiger partial charge on any atom is 0.196 e. The molecule has 7 N–H and O–H groups in total. The number of aromatic hydroxyl groups is 1. The van der Waals surface area contributed by atoms with Crippen molar-refractivity contribution in [3.63, 3.8) is 0 Å². The molecule has 0 amide bonds. The summed E-state index contributed by atoms with van der Waals surface area (Å²) in [6.45, 7) is 8.61. The summed E-state index contributed by atoms with van der Waals surface area (Å²) in [4.78, 5) is 18.9. The fraction of sp³-hybridized carbons (Fsp3) is 0.400. The Morgan fingerprint density at radius 3 is 2.77 bits per heavy atom. The molecule has 1 atom stereocenters. The van der Waals surface area contributed by atoms with Crippen molar-refractivity contribution in [2.24, 2.45) is 22.4 Å². The molecule has 1 saturated heterocycles. The number of piperazine rings is 1. The SMILES string of the molecule is Cc1cnc(Nc2cnc(/C(N)=C/N=C(\N)N3CCN[C@@H](C(C)C)C3)c(O)c2)cn1. The van der Waals surface area contributed by atoms with Crippen LogP contribution in [0.4, 0.5) is 11.5 Å². The number of nitrogens with two attached hydrogens (primary N) is 2. The number of guanidine groups is 1. The molecule has 0 aliphatic carbocycles. The Morgan fingerprint density at radius 2 is 2.10 bits per heavy atom. The van der Waals surface area contributed by atoms with E-state index in [0.29, 0.717) is 29.4 Å². The Kier molecular flexibility index (Phi) is 6.68. The van der Waals surface area contributed by atoms with Gasteiger partial charge in [-0.15, -0.1) is 0 Å². The monoisotopic (exact) mass is 411 g/mol. The van der Waals surface area contributed by atoms with Crippen LogP contribution in [0.3, 0.4) is 0 Å². The van der Waals surface area contributed by atoms with Gasteiger partial charge in [0, 0.05) is 31.7 Å². The van der Waals surface area contributed by atoms with Gasteiger partial charge >= 0.3 is 0 Å². The number of anilines is 2. The molecular weight excluding hydrogens is 382 g/mol. The molecule has 2 aromatic heterocycles. The first-order chi connectivity index (χ1) is 14.3. The lowest BCUT2D eigenvalue weighted by Crippen LogP contribution is -2.56. The second-order valence-corrected chi connectivity index (χ2v) is 7.58. The van der Waals surface area contributed by atoms with Crippen molar-refractivity contribution in [1.82, 2.24) is 25.2 Å². The zero-order valence-corrected chi connectivity index (χ0v) is 17.5. The summed E-state index contributed by atoms with van der Waals surface area (Å²) in [5.41, 5.74) is 14.0. The number of nitrogens with one attached hydrogen (secondary N) is 2. The molecular formula is C20H29N9O. The molecule has 160 valence electrons. The van der Waals surface area contributed by atoms with Gasteiger partial charge in [-0.1, -0.05) is 13.8 Å².